The van der Waals surface area contributed by atoms with Gasteiger partial charge in [-0.25, -0.2) is 9.78 Å². The standard InChI is InChI=1S/C27H32N6O2/c1-27(2,3)17-24(34)30-18-19-6-4-7-20(16-19)22-8-9-23-25(32-22)33(15-5-12-29-23)26(35)31-21-10-13-28-14-11-21/h4,6-11,13-14,16,29H,5,12,15,17-18H2,1-3H3,(H,30,34)(H,28,31,35). The maximum absolute atomic E-state index is 13.1. The van der Waals surface area contributed by atoms with E-state index in [1.54, 1.807) is 29.4 Å². The molecule has 2 aromatic heterocycles. The van der Waals surface area contributed by atoms with E-state index < -0.39 is 0 Å². The second kappa shape index (κ2) is 10.5. The van der Waals surface area contributed by atoms with Crippen LogP contribution in [0.5, 0.6) is 0 Å². The van der Waals surface area contributed by atoms with Crippen LogP contribution in [0.3, 0.4) is 0 Å². The molecule has 0 fully saturated rings. The number of carbonyl (C=O) groups is 2. The van der Waals surface area contributed by atoms with E-state index in [-0.39, 0.29) is 17.4 Å². The van der Waals surface area contributed by atoms with Crippen LogP contribution in [-0.2, 0) is 11.3 Å². The van der Waals surface area contributed by atoms with E-state index in [2.05, 4.69) is 20.9 Å². The van der Waals surface area contributed by atoms with Gasteiger partial charge in [0.25, 0.3) is 0 Å². The molecule has 3 amide bonds. The molecular formula is C27H32N6O2. The Kier molecular flexibility index (Phi) is 7.29. The topological polar surface area (TPSA) is 99.2 Å². The van der Waals surface area contributed by atoms with E-state index in [0.717, 1.165) is 35.5 Å². The fraction of sp³-hybridized carbons (Fsp3) is 0.333. The van der Waals surface area contributed by atoms with Crippen LogP contribution < -0.4 is 20.9 Å². The average Bonchev–Trinajstić information content (AvgIpc) is 3.04. The summed E-state index contributed by atoms with van der Waals surface area (Å²) < 4.78 is 0. The first-order valence-corrected chi connectivity index (χ1v) is 11.9. The minimum atomic E-state index is -0.235. The monoisotopic (exact) mass is 472 g/mol. The summed E-state index contributed by atoms with van der Waals surface area (Å²) in [5, 5.41) is 9.31. The molecule has 1 aliphatic heterocycles. The van der Waals surface area contributed by atoms with Crippen molar-refractivity contribution in [3.8, 4) is 11.3 Å². The van der Waals surface area contributed by atoms with Crippen LogP contribution in [0.1, 0.15) is 39.2 Å². The highest BCUT2D eigenvalue weighted by Gasteiger charge is 2.23. The highest BCUT2D eigenvalue weighted by atomic mass is 16.2. The lowest BCUT2D eigenvalue weighted by Crippen LogP contribution is -2.36. The molecule has 3 heterocycles. The normalized spacial score (nSPS) is 13.3. The molecule has 0 bridgehead atoms. The first-order valence-electron chi connectivity index (χ1n) is 11.9. The number of benzene rings is 1. The predicted molar refractivity (Wildman–Crippen MR) is 139 cm³/mol. The van der Waals surface area contributed by atoms with Crippen LogP contribution in [0.15, 0.2) is 60.9 Å². The number of hydrogen-bond acceptors (Lipinski definition) is 5. The molecule has 1 aromatic carbocycles. The summed E-state index contributed by atoms with van der Waals surface area (Å²) in [4.78, 5) is 35.9. The maximum Gasteiger partial charge on any atom is 0.327 e. The van der Waals surface area contributed by atoms with Crippen LogP contribution in [-0.4, -0.2) is 35.0 Å². The fourth-order valence-corrected chi connectivity index (χ4v) is 3.93. The van der Waals surface area contributed by atoms with Gasteiger partial charge in [-0.3, -0.25) is 14.7 Å². The van der Waals surface area contributed by atoms with Crippen molar-refractivity contribution in [1.82, 2.24) is 15.3 Å². The van der Waals surface area contributed by atoms with Gasteiger partial charge in [0.2, 0.25) is 5.91 Å². The van der Waals surface area contributed by atoms with Crippen LogP contribution >= 0.6 is 0 Å². The third-order valence-corrected chi connectivity index (χ3v) is 5.58. The maximum atomic E-state index is 13.1. The summed E-state index contributed by atoms with van der Waals surface area (Å²) in [5.41, 5.74) is 4.13. The summed E-state index contributed by atoms with van der Waals surface area (Å²) in [5.74, 6) is 0.628. The lowest BCUT2D eigenvalue weighted by Gasteiger charge is -2.22. The van der Waals surface area contributed by atoms with E-state index in [0.29, 0.717) is 31.0 Å². The largest absolute Gasteiger partial charge is 0.382 e. The summed E-state index contributed by atoms with van der Waals surface area (Å²) >= 11 is 0. The minimum Gasteiger partial charge on any atom is -0.382 e. The molecule has 8 nitrogen and oxygen atoms in total. The van der Waals surface area contributed by atoms with Crippen molar-refractivity contribution in [3.05, 3.63) is 66.5 Å². The molecule has 0 spiro atoms. The molecular weight excluding hydrogens is 440 g/mol. The predicted octanol–water partition coefficient (Wildman–Crippen LogP) is 5.05. The molecule has 3 N–H and O–H groups in total. The summed E-state index contributed by atoms with van der Waals surface area (Å²) in [6.45, 7) is 7.91. The van der Waals surface area contributed by atoms with Crippen molar-refractivity contribution in [3.63, 3.8) is 0 Å². The molecule has 0 aliphatic carbocycles. The van der Waals surface area contributed by atoms with Gasteiger partial charge >= 0.3 is 6.03 Å². The minimum absolute atomic E-state index is 0.0352. The summed E-state index contributed by atoms with van der Waals surface area (Å²) in [7, 11) is 0. The number of urea groups is 1. The molecule has 4 rings (SSSR count). The molecule has 0 saturated heterocycles. The van der Waals surface area contributed by atoms with Gasteiger partial charge in [-0.15, -0.1) is 0 Å². The van der Waals surface area contributed by atoms with Gasteiger partial charge in [-0.05, 0) is 47.7 Å². The Labute approximate surface area is 206 Å². The molecule has 35 heavy (non-hydrogen) atoms. The number of nitrogens with zero attached hydrogens (tertiary/aromatic N) is 3. The van der Waals surface area contributed by atoms with Crippen LogP contribution in [0.2, 0.25) is 0 Å². The second-order valence-corrected chi connectivity index (χ2v) is 9.88. The zero-order valence-corrected chi connectivity index (χ0v) is 20.5. The zero-order chi connectivity index (χ0) is 24.8. The summed E-state index contributed by atoms with van der Waals surface area (Å²) in [6.07, 6.45) is 4.56. The van der Waals surface area contributed by atoms with Crippen molar-refractivity contribution in [2.24, 2.45) is 5.41 Å². The van der Waals surface area contributed by atoms with Gasteiger partial charge in [-0.1, -0.05) is 39.0 Å². The van der Waals surface area contributed by atoms with Gasteiger partial charge in [0.05, 0.1) is 11.4 Å². The van der Waals surface area contributed by atoms with Gasteiger partial charge < -0.3 is 16.0 Å². The zero-order valence-electron chi connectivity index (χ0n) is 20.5. The molecule has 3 aromatic rings. The third kappa shape index (κ3) is 6.56. The second-order valence-electron chi connectivity index (χ2n) is 9.88. The lowest BCUT2D eigenvalue weighted by atomic mass is 9.92. The van der Waals surface area contributed by atoms with Crippen LogP contribution in [0, 0.1) is 5.41 Å². The highest BCUT2D eigenvalue weighted by Crippen LogP contribution is 2.31. The van der Waals surface area contributed by atoms with E-state index in [1.807, 2.05) is 57.2 Å². The quantitative estimate of drug-likeness (QED) is 0.483. The number of hydrogen-bond donors (Lipinski definition) is 3. The first kappa shape index (κ1) is 24.2. The summed E-state index contributed by atoms with van der Waals surface area (Å²) in [6, 6.07) is 15.1. The fourth-order valence-electron chi connectivity index (χ4n) is 3.93. The SMILES string of the molecule is CC(C)(C)CC(=O)NCc1cccc(-c2ccc3c(n2)N(C(=O)Nc2ccncc2)CCCN3)c1. The van der Waals surface area contributed by atoms with E-state index in [9.17, 15) is 9.59 Å². The molecule has 0 unspecified atom stereocenters. The van der Waals surface area contributed by atoms with Crippen molar-refractivity contribution < 1.29 is 9.59 Å². The Morgan fingerprint density at radius 3 is 2.66 bits per heavy atom. The van der Waals surface area contributed by atoms with Gasteiger partial charge in [0.15, 0.2) is 5.82 Å². The van der Waals surface area contributed by atoms with Crippen molar-refractivity contribution in [1.29, 1.82) is 0 Å². The lowest BCUT2D eigenvalue weighted by molar-refractivity contribution is -0.122. The number of aromatic nitrogens is 2. The Hall–Kier alpha value is -3.94. The van der Waals surface area contributed by atoms with E-state index in [4.69, 9.17) is 4.98 Å². The van der Waals surface area contributed by atoms with Crippen molar-refractivity contribution in [2.45, 2.75) is 40.2 Å². The number of fused-ring (bicyclic) bond motifs is 1. The molecule has 182 valence electrons. The Morgan fingerprint density at radius 1 is 1.09 bits per heavy atom. The van der Waals surface area contributed by atoms with Gasteiger partial charge in [0.1, 0.15) is 0 Å². The van der Waals surface area contributed by atoms with Crippen molar-refractivity contribution >= 4 is 29.1 Å². The van der Waals surface area contributed by atoms with Crippen LogP contribution in [0.4, 0.5) is 22.0 Å². The number of amides is 3. The Bertz CT molecular complexity index is 1190. The third-order valence-electron chi connectivity index (χ3n) is 5.58. The van der Waals surface area contributed by atoms with Gasteiger partial charge in [-0.2, -0.15) is 0 Å². The molecule has 0 atom stereocenters. The highest BCUT2D eigenvalue weighted by molar-refractivity contribution is 6.03. The van der Waals surface area contributed by atoms with E-state index >= 15 is 0 Å². The van der Waals surface area contributed by atoms with Gasteiger partial charge in [0, 0.05) is 49.7 Å². The number of nitrogens with one attached hydrogen (secondary N) is 3. The molecule has 1 aliphatic rings. The van der Waals surface area contributed by atoms with Crippen LogP contribution in [0.25, 0.3) is 11.3 Å². The molecule has 0 saturated carbocycles. The smallest absolute Gasteiger partial charge is 0.327 e. The molecule has 0 radical (unpaired) electrons. The first-order chi connectivity index (χ1) is 16.8. The van der Waals surface area contributed by atoms with Crippen molar-refractivity contribution in [2.75, 3.05) is 28.6 Å². The Balaban J connectivity index is 1.54. The Morgan fingerprint density at radius 2 is 1.89 bits per heavy atom. The average molecular weight is 473 g/mol. The van der Waals surface area contributed by atoms with E-state index in [1.165, 1.54) is 0 Å². The number of anilines is 3. The number of carbonyl (C=O) groups excluding carboxylic acids is 2. The number of rotatable bonds is 5. The molecule has 8 heteroatoms. The number of pyridine rings is 2.